The van der Waals surface area contributed by atoms with E-state index in [9.17, 15) is 9.59 Å². The second kappa shape index (κ2) is 8.72. The third kappa shape index (κ3) is 4.53. The highest BCUT2D eigenvalue weighted by molar-refractivity contribution is 5.99. The molecule has 0 atom stereocenters. The molecular formula is C21H26N4O4. The van der Waals surface area contributed by atoms with Gasteiger partial charge in [-0.3, -0.25) is 9.69 Å². The van der Waals surface area contributed by atoms with Gasteiger partial charge >= 0.3 is 6.03 Å². The Kier molecular flexibility index (Phi) is 6.11. The molecule has 2 aromatic carbocycles. The summed E-state index contributed by atoms with van der Waals surface area (Å²) < 4.78 is 10.5. The van der Waals surface area contributed by atoms with E-state index >= 15 is 0 Å². The van der Waals surface area contributed by atoms with Crippen LogP contribution >= 0.6 is 0 Å². The van der Waals surface area contributed by atoms with Gasteiger partial charge in [0, 0.05) is 50.3 Å². The molecule has 1 heterocycles. The molecule has 0 unspecified atom stereocenters. The number of methoxy groups -OCH3 is 2. The Hall–Kier alpha value is -3.42. The molecule has 0 aromatic heterocycles. The lowest BCUT2D eigenvalue weighted by Crippen LogP contribution is -2.37. The summed E-state index contributed by atoms with van der Waals surface area (Å²) in [5.74, 6) is 0.916. The highest BCUT2D eigenvalue weighted by Gasteiger charge is 2.31. The second-order valence-corrected chi connectivity index (χ2v) is 6.88. The summed E-state index contributed by atoms with van der Waals surface area (Å²) in [6, 6.07) is 12.6. The van der Waals surface area contributed by atoms with E-state index in [0.717, 1.165) is 5.69 Å². The van der Waals surface area contributed by atoms with Crippen LogP contribution in [0.25, 0.3) is 0 Å². The molecule has 3 amide bonds. The fourth-order valence-electron chi connectivity index (χ4n) is 3.18. The van der Waals surface area contributed by atoms with Crippen molar-refractivity contribution >= 4 is 29.0 Å². The number of ether oxygens (including phenoxy) is 2. The number of rotatable bonds is 7. The average molecular weight is 398 g/mol. The number of benzene rings is 2. The Labute approximate surface area is 170 Å². The van der Waals surface area contributed by atoms with Crippen molar-refractivity contribution in [2.24, 2.45) is 0 Å². The molecule has 1 N–H and O–H groups in total. The van der Waals surface area contributed by atoms with Crippen LogP contribution in [-0.4, -0.2) is 64.8 Å². The second-order valence-electron chi connectivity index (χ2n) is 6.88. The fraction of sp³-hybridized carbons (Fsp3) is 0.333. The first kappa shape index (κ1) is 20.3. The quantitative estimate of drug-likeness (QED) is 0.776. The molecule has 2 aromatic rings. The third-order valence-corrected chi connectivity index (χ3v) is 4.78. The third-order valence-electron chi connectivity index (χ3n) is 4.78. The molecule has 1 aliphatic rings. The summed E-state index contributed by atoms with van der Waals surface area (Å²) >= 11 is 0. The number of carbonyl (C=O) groups is 2. The van der Waals surface area contributed by atoms with Gasteiger partial charge in [-0.2, -0.15) is 0 Å². The van der Waals surface area contributed by atoms with Gasteiger partial charge in [0.15, 0.2) is 11.5 Å². The van der Waals surface area contributed by atoms with Crippen LogP contribution in [0.1, 0.15) is 0 Å². The minimum atomic E-state index is -0.231. The zero-order valence-electron chi connectivity index (χ0n) is 17.1. The Morgan fingerprint density at radius 3 is 2.34 bits per heavy atom. The van der Waals surface area contributed by atoms with Gasteiger partial charge in [0.1, 0.15) is 6.54 Å². The average Bonchev–Trinajstić information content (AvgIpc) is 3.07. The number of anilines is 3. The first-order valence-electron chi connectivity index (χ1n) is 9.28. The van der Waals surface area contributed by atoms with E-state index in [1.54, 1.807) is 37.3 Å². The van der Waals surface area contributed by atoms with Crippen LogP contribution in [0.2, 0.25) is 0 Å². The number of hydrogen-bond donors (Lipinski definition) is 1. The van der Waals surface area contributed by atoms with Crippen molar-refractivity contribution in [3.05, 3.63) is 42.5 Å². The summed E-state index contributed by atoms with van der Waals surface area (Å²) in [5, 5.41) is 2.84. The van der Waals surface area contributed by atoms with E-state index in [0.29, 0.717) is 36.0 Å². The van der Waals surface area contributed by atoms with E-state index in [-0.39, 0.29) is 18.5 Å². The van der Waals surface area contributed by atoms with Gasteiger partial charge in [-0.15, -0.1) is 0 Å². The molecule has 3 rings (SSSR count). The maximum Gasteiger partial charge on any atom is 0.325 e. The molecule has 1 saturated heterocycles. The van der Waals surface area contributed by atoms with E-state index in [2.05, 4.69) is 5.32 Å². The van der Waals surface area contributed by atoms with Gasteiger partial charge in [-0.1, -0.05) is 0 Å². The van der Waals surface area contributed by atoms with Crippen molar-refractivity contribution in [1.82, 2.24) is 4.90 Å². The minimum absolute atomic E-state index is 0.00193. The summed E-state index contributed by atoms with van der Waals surface area (Å²) in [4.78, 5) is 30.3. The van der Waals surface area contributed by atoms with E-state index < -0.39 is 0 Å². The fourth-order valence-corrected chi connectivity index (χ4v) is 3.18. The zero-order valence-corrected chi connectivity index (χ0v) is 17.1. The topological polar surface area (TPSA) is 74.4 Å². The first-order chi connectivity index (χ1) is 13.9. The molecule has 29 heavy (non-hydrogen) atoms. The molecule has 0 bridgehead atoms. The zero-order chi connectivity index (χ0) is 21.0. The summed E-state index contributed by atoms with van der Waals surface area (Å²) in [5.41, 5.74) is 2.45. The molecule has 0 saturated carbocycles. The SMILES string of the molecule is COc1ccc(N2CCN(CC(=O)Nc3ccc(N(C)C)cc3)C2=O)cc1OC. The van der Waals surface area contributed by atoms with Gasteiger partial charge < -0.3 is 24.6 Å². The van der Waals surface area contributed by atoms with Gasteiger partial charge in [-0.05, 0) is 36.4 Å². The molecule has 154 valence electrons. The standard InChI is InChI=1S/C21H26N4O4/c1-23(2)16-7-5-15(6-8-16)22-20(26)14-24-11-12-25(21(24)27)17-9-10-18(28-3)19(13-17)29-4/h5-10,13H,11-12,14H2,1-4H3,(H,22,26). The molecule has 1 aliphatic heterocycles. The number of amides is 3. The van der Waals surface area contributed by atoms with Gasteiger partial charge in [0.05, 0.1) is 14.2 Å². The Balaban J connectivity index is 1.62. The lowest BCUT2D eigenvalue weighted by Gasteiger charge is -2.19. The van der Waals surface area contributed by atoms with Crippen LogP contribution < -0.4 is 24.6 Å². The van der Waals surface area contributed by atoms with Crippen molar-refractivity contribution < 1.29 is 19.1 Å². The van der Waals surface area contributed by atoms with Crippen molar-refractivity contribution in [3.8, 4) is 11.5 Å². The molecule has 1 fully saturated rings. The maximum atomic E-state index is 12.8. The predicted octanol–water partition coefficient (Wildman–Crippen LogP) is 2.65. The number of nitrogens with one attached hydrogen (secondary N) is 1. The van der Waals surface area contributed by atoms with E-state index in [1.807, 2.05) is 43.3 Å². The normalized spacial score (nSPS) is 13.4. The molecule has 0 radical (unpaired) electrons. The lowest BCUT2D eigenvalue weighted by atomic mass is 10.2. The number of urea groups is 1. The number of nitrogens with zero attached hydrogens (tertiary/aromatic N) is 3. The smallest absolute Gasteiger partial charge is 0.325 e. The van der Waals surface area contributed by atoms with E-state index in [1.165, 1.54) is 4.90 Å². The van der Waals surface area contributed by atoms with Crippen molar-refractivity contribution in [2.45, 2.75) is 0 Å². The molecule has 0 spiro atoms. The Morgan fingerprint density at radius 2 is 1.72 bits per heavy atom. The highest BCUT2D eigenvalue weighted by atomic mass is 16.5. The van der Waals surface area contributed by atoms with Gasteiger partial charge in [0.25, 0.3) is 0 Å². The first-order valence-corrected chi connectivity index (χ1v) is 9.28. The summed E-state index contributed by atoms with van der Waals surface area (Å²) in [6.07, 6.45) is 0. The lowest BCUT2D eigenvalue weighted by molar-refractivity contribution is -0.116. The van der Waals surface area contributed by atoms with Gasteiger partial charge in [0.2, 0.25) is 5.91 Å². The van der Waals surface area contributed by atoms with Crippen LogP contribution in [-0.2, 0) is 4.79 Å². The highest BCUT2D eigenvalue weighted by Crippen LogP contribution is 2.32. The van der Waals surface area contributed by atoms with Crippen molar-refractivity contribution in [3.63, 3.8) is 0 Å². The maximum absolute atomic E-state index is 12.8. The molecule has 8 heteroatoms. The Morgan fingerprint density at radius 1 is 1.03 bits per heavy atom. The largest absolute Gasteiger partial charge is 0.493 e. The van der Waals surface area contributed by atoms with Crippen LogP contribution in [0.4, 0.5) is 21.9 Å². The monoisotopic (exact) mass is 398 g/mol. The van der Waals surface area contributed by atoms with Crippen molar-refractivity contribution in [2.75, 3.05) is 63.1 Å². The van der Waals surface area contributed by atoms with Crippen LogP contribution in [0, 0.1) is 0 Å². The predicted molar refractivity (Wildman–Crippen MR) is 113 cm³/mol. The number of carbonyl (C=O) groups excluding carboxylic acids is 2. The molecule has 0 aliphatic carbocycles. The molecule has 8 nitrogen and oxygen atoms in total. The summed E-state index contributed by atoms with van der Waals surface area (Å²) in [7, 11) is 7.02. The van der Waals surface area contributed by atoms with Crippen LogP contribution in [0.15, 0.2) is 42.5 Å². The molecular weight excluding hydrogens is 372 g/mol. The van der Waals surface area contributed by atoms with Crippen LogP contribution in [0.5, 0.6) is 11.5 Å². The van der Waals surface area contributed by atoms with E-state index in [4.69, 9.17) is 9.47 Å². The number of hydrogen-bond acceptors (Lipinski definition) is 5. The minimum Gasteiger partial charge on any atom is -0.493 e. The van der Waals surface area contributed by atoms with Crippen LogP contribution in [0.3, 0.4) is 0 Å². The van der Waals surface area contributed by atoms with Crippen molar-refractivity contribution in [1.29, 1.82) is 0 Å². The Bertz CT molecular complexity index is 883. The van der Waals surface area contributed by atoms with Gasteiger partial charge in [-0.25, -0.2) is 4.79 Å². The summed E-state index contributed by atoms with van der Waals surface area (Å²) in [6.45, 7) is 0.970.